The van der Waals surface area contributed by atoms with Crippen molar-refractivity contribution in [3.05, 3.63) is 35.3 Å². The Morgan fingerprint density at radius 2 is 2.07 bits per heavy atom. The topological polar surface area (TPSA) is 84.1 Å². The number of rotatable bonds is 7. The predicted octanol–water partition coefficient (Wildman–Crippen LogP) is 4.16. The number of fused-ring (bicyclic) bond motifs is 1. The molecule has 0 aliphatic heterocycles. The molecule has 0 amide bonds. The molecule has 1 unspecified atom stereocenters. The van der Waals surface area contributed by atoms with Crippen LogP contribution in [0.5, 0.6) is 5.75 Å². The first-order valence-electron chi connectivity index (χ1n) is 9.11. The Morgan fingerprint density at radius 3 is 2.70 bits per heavy atom. The second-order valence-corrected chi connectivity index (χ2v) is 8.84. The summed E-state index contributed by atoms with van der Waals surface area (Å²) in [6.45, 7) is 0.949. The van der Waals surface area contributed by atoms with Crippen LogP contribution in [0.2, 0.25) is 0 Å². The van der Waals surface area contributed by atoms with E-state index in [1.165, 1.54) is 0 Å². The Bertz CT molecular complexity index is 1040. The second kappa shape index (κ2) is 8.05. The molecule has 1 aliphatic carbocycles. The van der Waals surface area contributed by atoms with Crippen molar-refractivity contribution in [3.63, 3.8) is 0 Å². The highest BCUT2D eigenvalue weighted by molar-refractivity contribution is 7.92. The van der Waals surface area contributed by atoms with E-state index in [4.69, 9.17) is 0 Å². The average molecular weight is 453 g/mol. The first-order valence-corrected chi connectivity index (χ1v) is 10.6. The van der Waals surface area contributed by atoms with E-state index in [1.807, 2.05) is 4.72 Å². The van der Waals surface area contributed by atoms with Crippen molar-refractivity contribution in [3.8, 4) is 5.75 Å². The summed E-state index contributed by atoms with van der Waals surface area (Å²) in [6.07, 6.45) is 1.28. The number of aromatic amines is 1. The molecular weight excluding hydrogens is 433 g/mol. The molecular formula is C18H20F5N3O3S. The van der Waals surface area contributed by atoms with Gasteiger partial charge in [0, 0.05) is 29.8 Å². The van der Waals surface area contributed by atoms with Crippen LogP contribution in [-0.4, -0.2) is 37.6 Å². The number of halogens is 5. The summed E-state index contributed by atoms with van der Waals surface area (Å²) in [6, 6.07) is 0.554. The SMILES string of the molecule is C[C@H]1c2[nH]cc(S(=O)(=O)Nc3nc(F)c(OCCF)cc3F)c2CCC1C(C)(F)F. The van der Waals surface area contributed by atoms with Crippen molar-refractivity contribution in [2.75, 3.05) is 18.0 Å². The van der Waals surface area contributed by atoms with E-state index in [1.54, 1.807) is 6.92 Å². The van der Waals surface area contributed by atoms with Crippen LogP contribution < -0.4 is 9.46 Å². The average Bonchev–Trinajstić information content (AvgIpc) is 3.08. The zero-order valence-corrected chi connectivity index (χ0v) is 16.9. The van der Waals surface area contributed by atoms with Crippen LogP contribution in [-0.2, 0) is 16.4 Å². The Hall–Kier alpha value is -2.37. The van der Waals surface area contributed by atoms with Crippen molar-refractivity contribution in [2.45, 2.75) is 43.4 Å². The number of nitrogens with zero attached hydrogens (tertiary/aromatic N) is 1. The number of H-pyrrole nitrogens is 1. The van der Waals surface area contributed by atoms with Gasteiger partial charge in [0.1, 0.15) is 18.2 Å². The second-order valence-electron chi connectivity index (χ2n) is 7.19. The lowest BCUT2D eigenvalue weighted by Gasteiger charge is -2.33. The molecule has 0 spiro atoms. The lowest BCUT2D eigenvalue weighted by molar-refractivity contribution is -0.0544. The van der Waals surface area contributed by atoms with E-state index in [0.717, 1.165) is 13.1 Å². The zero-order valence-electron chi connectivity index (χ0n) is 16.1. The number of hydrogen-bond donors (Lipinski definition) is 2. The van der Waals surface area contributed by atoms with Crippen LogP contribution >= 0.6 is 0 Å². The summed E-state index contributed by atoms with van der Waals surface area (Å²) in [5.74, 6) is -8.63. The molecule has 30 heavy (non-hydrogen) atoms. The largest absolute Gasteiger partial charge is 0.486 e. The molecule has 0 fully saturated rings. The summed E-state index contributed by atoms with van der Waals surface area (Å²) in [4.78, 5) is 5.69. The van der Waals surface area contributed by atoms with Gasteiger partial charge in [0.15, 0.2) is 17.4 Å². The molecule has 2 N–H and O–H groups in total. The van der Waals surface area contributed by atoms with Crippen molar-refractivity contribution >= 4 is 15.8 Å². The molecule has 3 rings (SSSR count). The van der Waals surface area contributed by atoms with E-state index in [0.29, 0.717) is 17.3 Å². The Balaban J connectivity index is 1.89. The van der Waals surface area contributed by atoms with Crippen LogP contribution in [0.25, 0.3) is 0 Å². The van der Waals surface area contributed by atoms with Crippen molar-refractivity contribution in [2.24, 2.45) is 5.92 Å². The molecule has 0 saturated heterocycles. The third-order valence-corrected chi connectivity index (χ3v) is 6.55. The summed E-state index contributed by atoms with van der Waals surface area (Å²) >= 11 is 0. The van der Waals surface area contributed by atoms with Crippen LogP contribution in [0.1, 0.15) is 37.4 Å². The number of sulfonamides is 1. The van der Waals surface area contributed by atoms with E-state index in [-0.39, 0.29) is 17.7 Å². The number of pyridine rings is 1. The molecule has 1 aliphatic rings. The van der Waals surface area contributed by atoms with Gasteiger partial charge in [-0.2, -0.15) is 9.37 Å². The minimum absolute atomic E-state index is 0.0693. The molecule has 0 aromatic carbocycles. The number of alkyl halides is 3. The Labute approximate surface area is 169 Å². The maximum Gasteiger partial charge on any atom is 0.264 e. The Kier molecular flexibility index (Phi) is 5.99. The molecule has 12 heteroatoms. The van der Waals surface area contributed by atoms with Gasteiger partial charge in [-0.25, -0.2) is 26.0 Å². The number of nitrogens with one attached hydrogen (secondary N) is 2. The highest BCUT2D eigenvalue weighted by Crippen LogP contribution is 2.45. The molecule has 0 radical (unpaired) electrons. The van der Waals surface area contributed by atoms with Gasteiger partial charge in [-0.15, -0.1) is 0 Å². The van der Waals surface area contributed by atoms with Crippen LogP contribution in [0, 0.1) is 17.7 Å². The van der Waals surface area contributed by atoms with Crippen molar-refractivity contribution < 1.29 is 35.1 Å². The zero-order chi connectivity index (χ0) is 22.3. The number of anilines is 1. The fraction of sp³-hybridized carbons (Fsp3) is 0.500. The van der Waals surface area contributed by atoms with Crippen LogP contribution in [0.4, 0.5) is 27.8 Å². The lowest BCUT2D eigenvalue weighted by atomic mass is 9.76. The van der Waals surface area contributed by atoms with E-state index in [2.05, 4.69) is 14.7 Å². The van der Waals surface area contributed by atoms with Crippen LogP contribution in [0.15, 0.2) is 17.2 Å². The number of aromatic nitrogens is 2. The minimum atomic E-state index is -4.40. The molecule has 6 nitrogen and oxygen atoms in total. The van der Waals surface area contributed by atoms with Gasteiger partial charge in [-0.05, 0) is 25.3 Å². The monoisotopic (exact) mass is 453 g/mol. The molecule has 166 valence electrons. The standard InChI is InChI=1S/C18H20F5N3O3S/c1-9-11(18(2,22)23)4-3-10-14(8-24-15(9)10)30(27,28)26-17-12(20)7-13(16(21)25-17)29-6-5-19/h7-9,11,24H,3-6H2,1-2H3,(H,25,26)/t9-,11?/m1/s1. The fourth-order valence-electron chi connectivity index (χ4n) is 3.75. The first kappa shape index (κ1) is 22.3. The molecule has 2 aromatic rings. The summed E-state index contributed by atoms with van der Waals surface area (Å²) in [7, 11) is -4.40. The quantitative estimate of drug-likeness (QED) is 0.487. The molecule has 2 aromatic heterocycles. The van der Waals surface area contributed by atoms with Gasteiger partial charge in [-0.3, -0.25) is 4.72 Å². The minimum Gasteiger partial charge on any atom is -0.486 e. The van der Waals surface area contributed by atoms with Crippen molar-refractivity contribution in [1.82, 2.24) is 9.97 Å². The lowest BCUT2D eigenvalue weighted by Crippen LogP contribution is -2.33. The third-order valence-electron chi connectivity index (χ3n) is 5.15. The van der Waals surface area contributed by atoms with E-state index < -0.39 is 64.4 Å². The number of ether oxygens (including phenoxy) is 1. The highest BCUT2D eigenvalue weighted by Gasteiger charge is 2.43. The van der Waals surface area contributed by atoms with Crippen LogP contribution in [0.3, 0.4) is 0 Å². The molecule has 0 bridgehead atoms. The third kappa shape index (κ3) is 4.23. The molecule has 2 atom stereocenters. The van der Waals surface area contributed by atoms with E-state index >= 15 is 0 Å². The van der Waals surface area contributed by atoms with Gasteiger partial charge in [0.25, 0.3) is 16.0 Å². The van der Waals surface area contributed by atoms with Gasteiger partial charge in [-0.1, -0.05) is 6.92 Å². The normalized spacial score (nSPS) is 19.4. The van der Waals surface area contributed by atoms with Gasteiger partial charge < -0.3 is 9.72 Å². The maximum absolute atomic E-state index is 14.2. The summed E-state index contributed by atoms with van der Waals surface area (Å²) < 4.78 is 99.9. The number of hydrogen-bond acceptors (Lipinski definition) is 4. The highest BCUT2D eigenvalue weighted by atomic mass is 32.2. The van der Waals surface area contributed by atoms with E-state index in [9.17, 15) is 30.4 Å². The summed E-state index contributed by atoms with van der Waals surface area (Å²) in [5, 5.41) is 0. The van der Waals surface area contributed by atoms with Gasteiger partial charge >= 0.3 is 0 Å². The summed E-state index contributed by atoms with van der Waals surface area (Å²) in [5.41, 5.74) is 0.682. The van der Waals surface area contributed by atoms with Crippen molar-refractivity contribution in [1.29, 1.82) is 0 Å². The molecule has 0 saturated carbocycles. The smallest absolute Gasteiger partial charge is 0.264 e. The first-order chi connectivity index (χ1) is 14.0. The maximum atomic E-state index is 14.2. The predicted molar refractivity (Wildman–Crippen MR) is 98.1 cm³/mol. The van der Waals surface area contributed by atoms with Gasteiger partial charge in [0.2, 0.25) is 5.92 Å². The van der Waals surface area contributed by atoms with Gasteiger partial charge in [0.05, 0.1) is 0 Å². The molecule has 2 heterocycles. The Morgan fingerprint density at radius 1 is 1.37 bits per heavy atom. The fourth-order valence-corrected chi connectivity index (χ4v) is 5.01.